The largest absolute Gasteiger partial charge is 0.279 e. The van der Waals surface area contributed by atoms with Gasteiger partial charge in [0.15, 0.2) is 0 Å². The predicted octanol–water partition coefficient (Wildman–Crippen LogP) is 2.03. The molecule has 19 heavy (non-hydrogen) atoms. The van der Waals surface area contributed by atoms with E-state index in [0.29, 0.717) is 6.54 Å². The molecule has 1 N–H and O–H groups in total. The molecule has 0 aliphatic carbocycles. The zero-order chi connectivity index (χ0) is 13.9. The molecule has 106 valence electrons. The van der Waals surface area contributed by atoms with Crippen LogP contribution >= 0.6 is 0 Å². The summed E-state index contributed by atoms with van der Waals surface area (Å²) in [4.78, 5) is 0. The van der Waals surface area contributed by atoms with Crippen LogP contribution in [0.15, 0.2) is 24.3 Å². The lowest BCUT2D eigenvalue weighted by atomic mass is 10.1. The number of hydrogen-bond donors (Lipinski definition) is 1. The number of nitrogens with zero attached hydrogens (tertiary/aromatic N) is 1. The number of benzene rings is 1. The Kier molecular flexibility index (Phi) is 4.54. The van der Waals surface area contributed by atoms with Gasteiger partial charge in [0.2, 0.25) is 0 Å². The molecule has 1 heterocycles. The highest BCUT2D eigenvalue weighted by Gasteiger charge is 2.28. The summed E-state index contributed by atoms with van der Waals surface area (Å²) in [5, 5.41) is 0. The highest BCUT2D eigenvalue weighted by Crippen LogP contribution is 2.19. The Morgan fingerprint density at radius 1 is 1.32 bits per heavy atom. The quantitative estimate of drug-likeness (QED) is 0.920. The van der Waals surface area contributed by atoms with Crippen molar-refractivity contribution in [2.45, 2.75) is 38.8 Å². The summed E-state index contributed by atoms with van der Waals surface area (Å²) in [6, 6.07) is 5.86. The molecule has 0 aromatic heterocycles. The van der Waals surface area contributed by atoms with Crippen LogP contribution in [0.3, 0.4) is 0 Å². The first-order chi connectivity index (χ1) is 8.99. The molecule has 0 unspecified atom stereocenters. The van der Waals surface area contributed by atoms with E-state index < -0.39 is 10.2 Å². The summed E-state index contributed by atoms with van der Waals surface area (Å²) in [5.74, 6) is -0.323. The van der Waals surface area contributed by atoms with Gasteiger partial charge in [-0.2, -0.15) is 17.4 Å². The lowest BCUT2D eigenvalue weighted by Gasteiger charge is -2.32. The summed E-state index contributed by atoms with van der Waals surface area (Å²) in [7, 11) is -3.45. The summed E-state index contributed by atoms with van der Waals surface area (Å²) < 4.78 is 41.2. The second kappa shape index (κ2) is 5.98. The van der Waals surface area contributed by atoms with Crippen LogP contribution in [0.25, 0.3) is 0 Å². The van der Waals surface area contributed by atoms with Gasteiger partial charge in [0.25, 0.3) is 10.2 Å². The van der Waals surface area contributed by atoms with E-state index in [2.05, 4.69) is 4.72 Å². The van der Waals surface area contributed by atoms with E-state index in [1.807, 2.05) is 6.92 Å². The minimum absolute atomic E-state index is 0.0412. The van der Waals surface area contributed by atoms with Gasteiger partial charge in [-0.1, -0.05) is 18.6 Å². The zero-order valence-corrected chi connectivity index (χ0v) is 11.8. The number of halogens is 1. The molecule has 1 aromatic carbocycles. The average Bonchev–Trinajstić information content (AvgIpc) is 2.38. The van der Waals surface area contributed by atoms with Gasteiger partial charge in [0.1, 0.15) is 5.82 Å². The highest BCUT2D eigenvalue weighted by molar-refractivity contribution is 7.87. The van der Waals surface area contributed by atoms with Crippen molar-refractivity contribution in [3.63, 3.8) is 0 Å². The summed E-state index contributed by atoms with van der Waals surface area (Å²) in [6.07, 6.45) is 2.88. The monoisotopic (exact) mass is 286 g/mol. The van der Waals surface area contributed by atoms with Crippen LogP contribution in [0, 0.1) is 5.82 Å². The first kappa shape index (κ1) is 14.4. The minimum Gasteiger partial charge on any atom is -0.207 e. The fourth-order valence-corrected chi connectivity index (χ4v) is 3.75. The molecule has 1 aliphatic heterocycles. The van der Waals surface area contributed by atoms with Crippen molar-refractivity contribution in [3.8, 4) is 0 Å². The first-order valence-corrected chi connectivity index (χ1v) is 7.94. The van der Waals surface area contributed by atoms with E-state index >= 15 is 0 Å². The Hall–Kier alpha value is -0.980. The normalized spacial score (nSPS) is 21.5. The van der Waals surface area contributed by atoms with E-state index in [-0.39, 0.29) is 18.4 Å². The third-order valence-corrected chi connectivity index (χ3v) is 5.09. The first-order valence-electron chi connectivity index (χ1n) is 6.50. The number of hydrogen-bond acceptors (Lipinski definition) is 2. The van der Waals surface area contributed by atoms with Gasteiger partial charge in [0.05, 0.1) is 0 Å². The van der Waals surface area contributed by atoms with Crippen molar-refractivity contribution in [1.29, 1.82) is 0 Å². The van der Waals surface area contributed by atoms with E-state index in [4.69, 9.17) is 0 Å². The number of rotatable bonds is 4. The molecule has 2 rings (SSSR count). The molecule has 1 aliphatic rings. The molecular formula is C13H19FN2O2S. The smallest absolute Gasteiger partial charge is 0.207 e. The maximum atomic E-state index is 12.8. The Balaban J connectivity index is 1.99. The molecule has 0 bridgehead atoms. The van der Waals surface area contributed by atoms with Crippen LogP contribution in [-0.2, 0) is 16.8 Å². The number of piperidine rings is 1. The maximum absolute atomic E-state index is 12.8. The van der Waals surface area contributed by atoms with E-state index in [0.717, 1.165) is 24.8 Å². The molecule has 1 saturated heterocycles. The van der Waals surface area contributed by atoms with Crippen molar-refractivity contribution in [3.05, 3.63) is 35.6 Å². The molecule has 6 heteroatoms. The van der Waals surface area contributed by atoms with Gasteiger partial charge in [-0.25, -0.2) is 4.39 Å². The van der Waals surface area contributed by atoms with E-state index in [9.17, 15) is 12.8 Å². The molecule has 0 spiro atoms. The Bertz CT molecular complexity index is 516. The van der Waals surface area contributed by atoms with Gasteiger partial charge in [-0.3, -0.25) is 0 Å². The lowest BCUT2D eigenvalue weighted by molar-refractivity contribution is 0.265. The second-order valence-corrected chi connectivity index (χ2v) is 6.62. The molecule has 0 amide bonds. The van der Waals surface area contributed by atoms with Crippen LogP contribution in [0.5, 0.6) is 0 Å². The summed E-state index contributed by atoms with van der Waals surface area (Å²) in [5.41, 5.74) is 0.745. The van der Waals surface area contributed by atoms with Crippen molar-refractivity contribution < 1.29 is 12.8 Å². The van der Waals surface area contributed by atoms with Crippen molar-refractivity contribution in [2.24, 2.45) is 0 Å². The second-order valence-electron chi connectivity index (χ2n) is 4.91. The third-order valence-electron chi connectivity index (χ3n) is 3.42. The minimum atomic E-state index is -3.45. The number of nitrogens with one attached hydrogen (secondary N) is 1. The molecule has 4 nitrogen and oxygen atoms in total. The molecular weight excluding hydrogens is 267 g/mol. The molecule has 0 saturated carbocycles. The third kappa shape index (κ3) is 3.75. The zero-order valence-electron chi connectivity index (χ0n) is 11.0. The lowest BCUT2D eigenvalue weighted by Crippen LogP contribution is -2.47. The van der Waals surface area contributed by atoms with Crippen molar-refractivity contribution in [2.75, 3.05) is 6.54 Å². The van der Waals surface area contributed by atoms with Crippen LogP contribution in [0.1, 0.15) is 31.7 Å². The fraction of sp³-hybridized carbons (Fsp3) is 0.538. The fourth-order valence-electron chi connectivity index (χ4n) is 2.29. The Morgan fingerprint density at radius 3 is 2.63 bits per heavy atom. The SMILES string of the molecule is C[C@@H]1CCCCN1S(=O)(=O)NCc1ccc(F)cc1. The van der Waals surface area contributed by atoms with Gasteiger partial charge in [0, 0.05) is 19.1 Å². The molecule has 1 aromatic rings. The molecule has 0 radical (unpaired) electrons. The summed E-state index contributed by atoms with van der Waals surface area (Å²) >= 11 is 0. The highest BCUT2D eigenvalue weighted by atomic mass is 32.2. The predicted molar refractivity (Wildman–Crippen MR) is 72.2 cm³/mol. The molecule has 1 atom stereocenters. The molecule has 1 fully saturated rings. The van der Waals surface area contributed by atoms with Gasteiger partial charge < -0.3 is 0 Å². The van der Waals surface area contributed by atoms with Crippen molar-refractivity contribution >= 4 is 10.2 Å². The van der Waals surface area contributed by atoms with Crippen LogP contribution in [-0.4, -0.2) is 25.3 Å². The topological polar surface area (TPSA) is 49.4 Å². The van der Waals surface area contributed by atoms with Crippen LogP contribution in [0.4, 0.5) is 4.39 Å². The van der Waals surface area contributed by atoms with E-state index in [1.165, 1.54) is 16.4 Å². The summed E-state index contributed by atoms with van der Waals surface area (Å²) in [6.45, 7) is 2.68. The Labute approximate surface area is 113 Å². The van der Waals surface area contributed by atoms with Crippen LogP contribution in [0.2, 0.25) is 0 Å². The maximum Gasteiger partial charge on any atom is 0.279 e. The van der Waals surface area contributed by atoms with Crippen LogP contribution < -0.4 is 4.72 Å². The van der Waals surface area contributed by atoms with Gasteiger partial charge in [-0.05, 0) is 37.5 Å². The standard InChI is InChI=1S/C13H19FN2O2S/c1-11-4-2-3-9-16(11)19(17,18)15-10-12-5-7-13(14)8-6-12/h5-8,11,15H,2-4,9-10H2,1H3/t11-/m1/s1. The Morgan fingerprint density at radius 2 is 2.00 bits per heavy atom. The van der Waals surface area contributed by atoms with Gasteiger partial charge >= 0.3 is 0 Å². The van der Waals surface area contributed by atoms with Gasteiger partial charge in [-0.15, -0.1) is 0 Å². The van der Waals surface area contributed by atoms with E-state index in [1.54, 1.807) is 12.1 Å². The van der Waals surface area contributed by atoms with Crippen molar-refractivity contribution in [1.82, 2.24) is 9.03 Å². The average molecular weight is 286 g/mol.